The number of benzene rings is 1. The molecule has 0 aliphatic heterocycles. The molecule has 1 aromatic carbocycles. The van der Waals surface area contributed by atoms with Gasteiger partial charge in [0, 0.05) is 5.56 Å². The van der Waals surface area contributed by atoms with Crippen LogP contribution in [0.5, 0.6) is 5.75 Å². The topological polar surface area (TPSA) is 18.5 Å². The third-order valence-electron chi connectivity index (χ3n) is 2.16. The van der Waals surface area contributed by atoms with Crippen LogP contribution in [0.4, 0.5) is 0 Å². The van der Waals surface area contributed by atoms with Gasteiger partial charge in [-0.05, 0) is 57.8 Å². The first-order valence-electron chi connectivity index (χ1n) is 6.09. The van der Waals surface area contributed by atoms with Crippen molar-refractivity contribution in [1.82, 2.24) is 0 Å². The summed E-state index contributed by atoms with van der Waals surface area (Å²) in [6.45, 7) is 10.5. The molecule has 0 N–H and O–H groups in total. The highest BCUT2D eigenvalue weighted by atomic mass is 28.4. The molecular weight excluding hydrogens is 240 g/mol. The summed E-state index contributed by atoms with van der Waals surface area (Å²) in [5.74, 6) is 7.19. The van der Waals surface area contributed by atoms with Crippen LogP contribution in [-0.2, 0) is 4.43 Å². The number of hydrogen-bond donors (Lipinski definition) is 0. The maximum atomic E-state index is 6.03. The third kappa shape index (κ3) is 5.39. The maximum Gasteiger partial charge on any atom is 0.185 e. The zero-order valence-corrected chi connectivity index (χ0v) is 13.1. The van der Waals surface area contributed by atoms with Crippen LogP contribution in [0.2, 0.25) is 19.6 Å². The van der Waals surface area contributed by atoms with Crippen molar-refractivity contribution in [3.8, 4) is 17.6 Å². The van der Waals surface area contributed by atoms with Gasteiger partial charge in [-0.3, -0.25) is 0 Å². The summed E-state index contributed by atoms with van der Waals surface area (Å²) in [6.07, 6.45) is 0. The van der Waals surface area contributed by atoms with E-state index in [-0.39, 0.29) is 0 Å². The molecule has 0 radical (unpaired) electrons. The Labute approximate surface area is 111 Å². The molecule has 0 heterocycles. The molecule has 0 fully saturated rings. The molecule has 0 amide bonds. The molecule has 0 atom stereocenters. The van der Waals surface area contributed by atoms with E-state index in [2.05, 4.69) is 31.5 Å². The molecule has 0 aliphatic rings. The van der Waals surface area contributed by atoms with E-state index in [1.54, 1.807) is 7.11 Å². The second-order valence-electron chi connectivity index (χ2n) is 5.70. The molecular formula is C15H22O2Si. The highest BCUT2D eigenvalue weighted by Crippen LogP contribution is 2.17. The fraction of sp³-hybridized carbons (Fsp3) is 0.467. The quantitative estimate of drug-likeness (QED) is 0.611. The van der Waals surface area contributed by atoms with Crippen LogP contribution in [0, 0.1) is 11.8 Å². The molecule has 0 unspecified atom stereocenters. The van der Waals surface area contributed by atoms with Crippen molar-refractivity contribution in [2.45, 2.75) is 39.1 Å². The largest absolute Gasteiger partial charge is 0.497 e. The zero-order valence-electron chi connectivity index (χ0n) is 12.1. The van der Waals surface area contributed by atoms with E-state index in [1.165, 1.54) is 0 Å². The average Bonchev–Trinajstić information content (AvgIpc) is 2.24. The summed E-state index contributed by atoms with van der Waals surface area (Å²) < 4.78 is 11.1. The van der Waals surface area contributed by atoms with E-state index < -0.39 is 13.9 Å². The van der Waals surface area contributed by atoms with Gasteiger partial charge in [-0.15, -0.1) is 0 Å². The van der Waals surface area contributed by atoms with Crippen LogP contribution in [0.1, 0.15) is 19.4 Å². The Balaban J connectivity index is 2.80. The normalized spacial score (nSPS) is 11.7. The molecule has 1 aromatic rings. The third-order valence-corrected chi connectivity index (χ3v) is 3.28. The van der Waals surface area contributed by atoms with Crippen molar-refractivity contribution in [2.75, 3.05) is 7.11 Å². The molecule has 98 valence electrons. The van der Waals surface area contributed by atoms with Crippen LogP contribution in [-0.4, -0.2) is 21.0 Å². The molecule has 0 aliphatic carbocycles. The van der Waals surface area contributed by atoms with Gasteiger partial charge in [0.2, 0.25) is 0 Å². The van der Waals surface area contributed by atoms with Crippen LogP contribution in [0.3, 0.4) is 0 Å². The van der Waals surface area contributed by atoms with Crippen molar-refractivity contribution in [1.29, 1.82) is 0 Å². The number of methoxy groups -OCH3 is 1. The van der Waals surface area contributed by atoms with Crippen molar-refractivity contribution >= 4 is 8.32 Å². The van der Waals surface area contributed by atoms with Gasteiger partial charge >= 0.3 is 0 Å². The van der Waals surface area contributed by atoms with Crippen LogP contribution >= 0.6 is 0 Å². The lowest BCUT2D eigenvalue weighted by atomic mass is 10.1. The summed E-state index contributed by atoms with van der Waals surface area (Å²) >= 11 is 0. The predicted octanol–water partition coefficient (Wildman–Crippen LogP) is 3.68. The summed E-state index contributed by atoms with van der Waals surface area (Å²) in [5.41, 5.74) is 0.577. The standard InChI is InChI=1S/C15H22O2Si/c1-15(2,17-18(4,5)6)12-11-13-7-9-14(16-3)10-8-13/h7-10H,1-6H3. The highest BCUT2D eigenvalue weighted by molar-refractivity contribution is 6.69. The summed E-state index contributed by atoms with van der Waals surface area (Å²) in [6, 6.07) is 7.74. The van der Waals surface area contributed by atoms with Gasteiger partial charge in [-0.25, -0.2) is 0 Å². The SMILES string of the molecule is COc1ccc(C#CC(C)(C)O[Si](C)(C)C)cc1. The fourth-order valence-electron chi connectivity index (χ4n) is 1.69. The zero-order chi connectivity index (χ0) is 13.8. The lowest BCUT2D eigenvalue weighted by molar-refractivity contribution is 0.164. The molecule has 2 nitrogen and oxygen atoms in total. The van der Waals surface area contributed by atoms with E-state index in [1.807, 2.05) is 38.1 Å². The highest BCUT2D eigenvalue weighted by Gasteiger charge is 2.25. The lowest BCUT2D eigenvalue weighted by Gasteiger charge is -2.28. The van der Waals surface area contributed by atoms with E-state index in [9.17, 15) is 0 Å². The smallest absolute Gasteiger partial charge is 0.185 e. The van der Waals surface area contributed by atoms with Gasteiger partial charge in [0.15, 0.2) is 8.32 Å². The van der Waals surface area contributed by atoms with Gasteiger partial charge in [0.25, 0.3) is 0 Å². The van der Waals surface area contributed by atoms with Gasteiger partial charge in [-0.2, -0.15) is 0 Å². The first-order chi connectivity index (χ1) is 8.22. The molecule has 3 heteroatoms. The monoisotopic (exact) mass is 262 g/mol. The Hall–Kier alpha value is -1.24. The molecule has 0 aromatic heterocycles. The summed E-state index contributed by atoms with van der Waals surface area (Å²) in [5, 5.41) is 0. The maximum absolute atomic E-state index is 6.03. The molecule has 0 saturated carbocycles. The Morgan fingerprint density at radius 3 is 2.06 bits per heavy atom. The van der Waals surface area contributed by atoms with Crippen LogP contribution < -0.4 is 4.74 Å². The second-order valence-corrected chi connectivity index (χ2v) is 10.1. The molecule has 18 heavy (non-hydrogen) atoms. The number of hydrogen-bond acceptors (Lipinski definition) is 2. The van der Waals surface area contributed by atoms with Gasteiger partial charge < -0.3 is 9.16 Å². The second kappa shape index (κ2) is 5.60. The summed E-state index contributed by atoms with van der Waals surface area (Å²) in [4.78, 5) is 0. The Kier molecular flexibility index (Phi) is 4.61. The summed E-state index contributed by atoms with van der Waals surface area (Å²) in [7, 11) is 0.0903. The minimum absolute atomic E-state index is 0.398. The van der Waals surface area contributed by atoms with Crippen LogP contribution in [0.25, 0.3) is 0 Å². The Morgan fingerprint density at radius 2 is 1.61 bits per heavy atom. The first-order valence-corrected chi connectivity index (χ1v) is 9.50. The molecule has 0 spiro atoms. The first kappa shape index (κ1) is 14.8. The van der Waals surface area contributed by atoms with Gasteiger partial charge in [0.1, 0.15) is 11.4 Å². The number of rotatable bonds is 3. The van der Waals surface area contributed by atoms with E-state index in [0.29, 0.717) is 0 Å². The number of ether oxygens (including phenoxy) is 1. The van der Waals surface area contributed by atoms with E-state index in [0.717, 1.165) is 11.3 Å². The molecule has 0 saturated heterocycles. The van der Waals surface area contributed by atoms with Crippen molar-refractivity contribution in [3.05, 3.63) is 29.8 Å². The van der Waals surface area contributed by atoms with E-state index >= 15 is 0 Å². The Bertz CT molecular complexity index is 444. The van der Waals surface area contributed by atoms with Crippen molar-refractivity contribution in [2.24, 2.45) is 0 Å². The average molecular weight is 262 g/mol. The van der Waals surface area contributed by atoms with Gasteiger partial charge in [-0.1, -0.05) is 11.8 Å². The minimum atomic E-state index is -1.57. The van der Waals surface area contributed by atoms with Crippen molar-refractivity contribution in [3.63, 3.8) is 0 Å². The fourth-order valence-corrected chi connectivity index (χ4v) is 3.27. The van der Waals surface area contributed by atoms with Crippen LogP contribution in [0.15, 0.2) is 24.3 Å². The van der Waals surface area contributed by atoms with Crippen molar-refractivity contribution < 1.29 is 9.16 Å². The Morgan fingerprint density at radius 1 is 1.06 bits per heavy atom. The minimum Gasteiger partial charge on any atom is -0.497 e. The molecule has 1 rings (SSSR count). The predicted molar refractivity (Wildman–Crippen MR) is 78.4 cm³/mol. The van der Waals surface area contributed by atoms with Gasteiger partial charge in [0.05, 0.1) is 7.11 Å². The molecule has 0 bridgehead atoms. The lowest BCUT2D eigenvalue weighted by Crippen LogP contribution is -2.37. The van der Waals surface area contributed by atoms with E-state index in [4.69, 9.17) is 9.16 Å².